The first-order valence-corrected chi connectivity index (χ1v) is 3.57. The molecule has 0 fully saturated rings. The number of aromatic nitrogens is 2. The van der Waals surface area contributed by atoms with Crippen molar-refractivity contribution in [3.05, 3.63) is 34.2 Å². The maximum atomic E-state index is 11.1. The Morgan fingerprint density at radius 1 is 1.36 bits per heavy atom. The van der Waals surface area contributed by atoms with E-state index in [9.17, 15) is 5.21 Å². The molecule has 0 bridgehead atoms. The Kier molecular flexibility index (Phi) is 1.22. The van der Waals surface area contributed by atoms with E-state index in [0.29, 0.717) is 10.2 Å². The number of hydrogen-bond donors (Lipinski definition) is 1. The normalized spacial score (nSPS) is 10.5. The Morgan fingerprint density at radius 2 is 2.09 bits per heavy atom. The minimum absolute atomic E-state index is 0.214. The minimum Gasteiger partial charge on any atom is -0.804 e. The summed E-state index contributed by atoms with van der Waals surface area (Å²) in [6, 6.07) is 7.21. The number of aromatic amines is 1. The number of hydrogen-bond acceptors (Lipinski definition) is 2. The predicted octanol–water partition coefficient (Wildman–Crippen LogP) is 2.04. The van der Waals surface area contributed by atoms with Crippen molar-refractivity contribution in [3.63, 3.8) is 0 Å². The minimum atomic E-state index is 0.214. The summed E-state index contributed by atoms with van der Waals surface area (Å²) in [5.74, 6) is 0. The molecule has 4 heteroatoms. The lowest BCUT2D eigenvalue weighted by Crippen LogP contribution is -1.82. The van der Waals surface area contributed by atoms with Gasteiger partial charge >= 0.3 is 0 Å². The molecule has 2 rings (SSSR count). The molecule has 11 heavy (non-hydrogen) atoms. The van der Waals surface area contributed by atoms with Gasteiger partial charge in [0.2, 0.25) is 0 Å². The number of nitrogens with one attached hydrogen (secondary N) is 1. The van der Waals surface area contributed by atoms with Crippen LogP contribution >= 0.6 is 12.2 Å². The molecule has 0 aliphatic rings. The van der Waals surface area contributed by atoms with Gasteiger partial charge in [-0.05, 0) is 24.4 Å². The Hall–Kier alpha value is -1.29. The molecule has 1 heterocycles. The van der Waals surface area contributed by atoms with Crippen molar-refractivity contribution in [2.75, 3.05) is 0 Å². The molecule has 0 saturated carbocycles. The first-order valence-electron chi connectivity index (χ1n) is 3.16. The molecule has 1 aromatic carbocycles. The molecule has 0 aliphatic heterocycles. The van der Waals surface area contributed by atoms with E-state index in [1.807, 2.05) is 12.1 Å². The van der Waals surface area contributed by atoms with Crippen molar-refractivity contribution in [2.24, 2.45) is 0 Å². The summed E-state index contributed by atoms with van der Waals surface area (Å²) in [6.07, 6.45) is 0. The fourth-order valence-corrected chi connectivity index (χ4v) is 1.24. The maximum Gasteiger partial charge on any atom is 0.173 e. The fraction of sp³-hybridized carbons (Fsp3) is 0. The van der Waals surface area contributed by atoms with Crippen LogP contribution < -0.4 is 0 Å². The topological polar surface area (TPSA) is 43.8 Å². The molecule has 1 N–H and O–H groups in total. The second kappa shape index (κ2) is 2.10. The molecule has 0 radical (unpaired) electrons. The van der Waals surface area contributed by atoms with Gasteiger partial charge < -0.3 is 14.9 Å². The smallest absolute Gasteiger partial charge is 0.173 e. The molecule has 0 atom stereocenters. The summed E-state index contributed by atoms with van der Waals surface area (Å²) >= 11 is 4.75. The Labute approximate surface area is 67.9 Å². The van der Waals surface area contributed by atoms with Gasteiger partial charge in [0.15, 0.2) is 4.77 Å². The summed E-state index contributed by atoms with van der Waals surface area (Å²) in [6.45, 7) is 0. The van der Waals surface area contributed by atoms with Crippen molar-refractivity contribution in [1.29, 1.82) is 0 Å². The van der Waals surface area contributed by atoms with Crippen LogP contribution in [0.4, 0.5) is 0 Å². The van der Waals surface area contributed by atoms with E-state index in [2.05, 4.69) is 4.98 Å². The quantitative estimate of drug-likeness (QED) is 0.607. The molecule has 56 valence electrons. The van der Waals surface area contributed by atoms with E-state index >= 15 is 0 Å². The van der Waals surface area contributed by atoms with Crippen molar-refractivity contribution >= 4 is 23.3 Å². The Bertz CT molecular complexity index is 443. The summed E-state index contributed by atoms with van der Waals surface area (Å²) in [7, 11) is 0. The van der Waals surface area contributed by atoms with Crippen molar-refractivity contribution in [3.8, 4) is 0 Å². The monoisotopic (exact) mass is 165 g/mol. The zero-order chi connectivity index (χ0) is 7.84. The number of para-hydroxylation sites is 2. The first-order chi connectivity index (χ1) is 5.29. The molecule has 0 spiro atoms. The van der Waals surface area contributed by atoms with Crippen LogP contribution in [0.5, 0.6) is 0 Å². The summed E-state index contributed by atoms with van der Waals surface area (Å²) in [5.41, 5.74) is 1.38. The van der Waals surface area contributed by atoms with Crippen LogP contribution in [0.3, 0.4) is 0 Å². The van der Waals surface area contributed by atoms with Gasteiger partial charge in [-0.3, -0.25) is 0 Å². The second-order valence-corrected chi connectivity index (χ2v) is 2.63. The van der Waals surface area contributed by atoms with Crippen molar-refractivity contribution in [1.82, 2.24) is 9.71 Å². The summed E-state index contributed by atoms with van der Waals surface area (Å²) in [4.78, 5) is 2.79. The molecule has 0 amide bonds. The van der Waals surface area contributed by atoms with Crippen LogP contribution in [-0.2, 0) is 0 Å². The lowest BCUT2D eigenvalue weighted by atomic mass is 10.3. The number of nitrogens with zero attached hydrogens (tertiary/aromatic N) is 1. The Balaban J connectivity index is 3.04. The van der Waals surface area contributed by atoms with Gasteiger partial charge in [0.25, 0.3) is 0 Å². The lowest BCUT2D eigenvalue weighted by molar-refractivity contribution is 1.08. The van der Waals surface area contributed by atoms with Gasteiger partial charge in [0.05, 0.1) is 11.0 Å². The molecular formula is C7H5N2OS-. The van der Waals surface area contributed by atoms with Crippen molar-refractivity contribution in [2.45, 2.75) is 0 Å². The average molecular weight is 165 g/mol. The highest BCUT2D eigenvalue weighted by Crippen LogP contribution is 2.11. The predicted molar refractivity (Wildman–Crippen MR) is 45.9 cm³/mol. The van der Waals surface area contributed by atoms with Crippen molar-refractivity contribution < 1.29 is 0 Å². The summed E-state index contributed by atoms with van der Waals surface area (Å²) in [5, 5.41) is 11.1. The second-order valence-electron chi connectivity index (χ2n) is 2.24. The molecule has 0 aliphatic carbocycles. The van der Waals surface area contributed by atoms with E-state index < -0.39 is 0 Å². The standard InChI is InChI=1S/C7H5N2OS/c10-9-6-4-2-1-3-5(6)8-7(9)11/h1-4H,(H,8,11)/q-1. The SMILES string of the molecule is [O-]n1c(=S)[nH]c2ccccc21. The van der Waals surface area contributed by atoms with Crippen LogP contribution in [0, 0.1) is 9.98 Å². The highest BCUT2D eigenvalue weighted by atomic mass is 32.1. The number of benzene rings is 1. The van der Waals surface area contributed by atoms with Crippen LogP contribution in [0.2, 0.25) is 0 Å². The third-order valence-electron chi connectivity index (χ3n) is 1.55. The van der Waals surface area contributed by atoms with Gasteiger partial charge in [-0.1, -0.05) is 12.1 Å². The maximum absolute atomic E-state index is 11.1. The zero-order valence-electron chi connectivity index (χ0n) is 5.57. The van der Waals surface area contributed by atoms with Gasteiger partial charge in [0, 0.05) is 0 Å². The highest BCUT2D eigenvalue weighted by Gasteiger charge is 1.93. The van der Waals surface area contributed by atoms with Crippen LogP contribution in [-0.4, -0.2) is 9.71 Å². The molecular weight excluding hydrogens is 160 g/mol. The van der Waals surface area contributed by atoms with Gasteiger partial charge in [0.1, 0.15) is 0 Å². The molecule has 3 nitrogen and oxygen atoms in total. The third kappa shape index (κ3) is 0.832. The van der Waals surface area contributed by atoms with Crippen LogP contribution in [0.25, 0.3) is 11.0 Å². The van der Waals surface area contributed by atoms with E-state index in [1.165, 1.54) is 0 Å². The first kappa shape index (κ1) is 6.42. The van der Waals surface area contributed by atoms with E-state index in [4.69, 9.17) is 12.2 Å². The molecule has 0 saturated heterocycles. The van der Waals surface area contributed by atoms with E-state index in [1.54, 1.807) is 12.1 Å². The summed E-state index contributed by atoms with van der Waals surface area (Å²) < 4.78 is 0.927. The zero-order valence-corrected chi connectivity index (χ0v) is 6.39. The Morgan fingerprint density at radius 3 is 2.82 bits per heavy atom. The lowest BCUT2D eigenvalue weighted by Gasteiger charge is -2.04. The largest absolute Gasteiger partial charge is 0.804 e. The van der Waals surface area contributed by atoms with Crippen LogP contribution in [0.15, 0.2) is 24.3 Å². The number of imidazole rings is 1. The number of fused-ring (bicyclic) bond motifs is 1. The highest BCUT2D eigenvalue weighted by molar-refractivity contribution is 7.71. The van der Waals surface area contributed by atoms with Gasteiger partial charge in [-0.2, -0.15) is 0 Å². The van der Waals surface area contributed by atoms with E-state index in [-0.39, 0.29) is 4.77 Å². The number of rotatable bonds is 0. The van der Waals surface area contributed by atoms with Gasteiger partial charge in [-0.15, -0.1) is 0 Å². The van der Waals surface area contributed by atoms with Gasteiger partial charge in [-0.25, -0.2) is 0 Å². The molecule has 2 aromatic rings. The van der Waals surface area contributed by atoms with Crippen LogP contribution in [0.1, 0.15) is 0 Å². The molecule has 1 aromatic heterocycles. The number of H-pyrrole nitrogens is 1. The fourth-order valence-electron chi connectivity index (χ4n) is 1.03. The van der Waals surface area contributed by atoms with E-state index in [0.717, 1.165) is 5.52 Å². The molecule has 0 unspecified atom stereocenters. The third-order valence-corrected chi connectivity index (χ3v) is 1.82. The average Bonchev–Trinajstić information content (AvgIpc) is 2.30.